The van der Waals surface area contributed by atoms with Crippen LogP contribution in [0.3, 0.4) is 0 Å². The van der Waals surface area contributed by atoms with Gasteiger partial charge >= 0.3 is 0 Å². The first-order chi connectivity index (χ1) is 8.68. The highest BCUT2D eigenvalue weighted by atomic mass is 32.1. The van der Waals surface area contributed by atoms with Crippen molar-refractivity contribution in [3.8, 4) is 0 Å². The van der Waals surface area contributed by atoms with E-state index in [2.05, 4.69) is 24.6 Å². The number of rotatable bonds is 2. The van der Waals surface area contributed by atoms with E-state index < -0.39 is 0 Å². The van der Waals surface area contributed by atoms with Crippen molar-refractivity contribution in [3.05, 3.63) is 0 Å². The highest BCUT2D eigenvalue weighted by Crippen LogP contribution is 2.32. The second kappa shape index (κ2) is 6.26. The molecule has 1 amide bonds. The summed E-state index contributed by atoms with van der Waals surface area (Å²) in [7, 11) is 2.19. The highest BCUT2D eigenvalue weighted by molar-refractivity contribution is 7.80. The molecular formula is C13H24N2O2S. The van der Waals surface area contributed by atoms with Crippen molar-refractivity contribution in [2.24, 2.45) is 0 Å². The third kappa shape index (κ3) is 3.00. The highest BCUT2D eigenvalue weighted by Gasteiger charge is 2.38. The molecule has 2 saturated heterocycles. The number of hydrogen-bond donors (Lipinski definition) is 1. The fourth-order valence-electron chi connectivity index (χ4n) is 3.04. The Morgan fingerprint density at radius 1 is 1.22 bits per heavy atom. The normalized spacial score (nSPS) is 25.1. The molecule has 2 aliphatic rings. The summed E-state index contributed by atoms with van der Waals surface area (Å²) >= 11 is 4.14. The molecule has 0 bridgehead atoms. The molecule has 0 aliphatic carbocycles. The molecule has 0 aromatic heterocycles. The zero-order chi connectivity index (χ0) is 13.0. The summed E-state index contributed by atoms with van der Waals surface area (Å²) in [5.74, 6) is 0.895. The van der Waals surface area contributed by atoms with Crippen LogP contribution in [-0.2, 0) is 9.53 Å². The monoisotopic (exact) mass is 272 g/mol. The van der Waals surface area contributed by atoms with E-state index in [0.717, 1.165) is 52.1 Å². The molecular weight excluding hydrogens is 248 g/mol. The summed E-state index contributed by atoms with van der Waals surface area (Å²) in [5.41, 5.74) is 0.258. The van der Waals surface area contributed by atoms with E-state index in [1.54, 1.807) is 0 Å². The second-order valence-corrected chi connectivity index (χ2v) is 5.81. The average Bonchev–Trinajstić information content (AvgIpc) is 2.53. The van der Waals surface area contributed by atoms with Gasteiger partial charge in [0.1, 0.15) is 0 Å². The van der Waals surface area contributed by atoms with Crippen molar-refractivity contribution in [1.29, 1.82) is 0 Å². The van der Waals surface area contributed by atoms with Gasteiger partial charge in [-0.3, -0.25) is 9.69 Å². The number of carbonyl (C=O) groups excluding carboxylic acids is 1. The van der Waals surface area contributed by atoms with Gasteiger partial charge in [-0.05, 0) is 32.1 Å². The smallest absolute Gasteiger partial charge is 0.223 e. The standard InChI is InChI=1S/C13H24N2O2S/c1-14-7-8-15(12(16)2-11-18)6-3-13(14)4-9-17-10-5-13/h18H,2-11H2,1H3. The number of ether oxygens (including phenoxy) is 1. The zero-order valence-electron chi connectivity index (χ0n) is 11.2. The molecule has 0 atom stereocenters. The maximum Gasteiger partial charge on any atom is 0.223 e. The Balaban J connectivity index is 1.99. The molecule has 2 fully saturated rings. The van der Waals surface area contributed by atoms with E-state index in [9.17, 15) is 4.79 Å². The van der Waals surface area contributed by atoms with E-state index in [1.807, 2.05) is 4.90 Å². The van der Waals surface area contributed by atoms with Crippen LogP contribution in [0.1, 0.15) is 25.7 Å². The molecule has 1 spiro atoms. The van der Waals surface area contributed by atoms with Gasteiger partial charge in [0, 0.05) is 44.8 Å². The largest absolute Gasteiger partial charge is 0.381 e. The lowest BCUT2D eigenvalue weighted by atomic mass is 9.85. The van der Waals surface area contributed by atoms with E-state index in [4.69, 9.17) is 4.74 Å². The molecule has 0 saturated carbocycles. The van der Waals surface area contributed by atoms with Crippen LogP contribution in [0, 0.1) is 0 Å². The summed E-state index contributed by atoms with van der Waals surface area (Å²) in [4.78, 5) is 16.4. The van der Waals surface area contributed by atoms with Gasteiger partial charge < -0.3 is 9.64 Å². The van der Waals surface area contributed by atoms with Gasteiger partial charge in [-0.25, -0.2) is 0 Å². The van der Waals surface area contributed by atoms with Crippen LogP contribution in [0.5, 0.6) is 0 Å². The van der Waals surface area contributed by atoms with Gasteiger partial charge in [-0.15, -0.1) is 0 Å². The van der Waals surface area contributed by atoms with Gasteiger partial charge in [0.05, 0.1) is 0 Å². The van der Waals surface area contributed by atoms with Gasteiger partial charge in [0.25, 0.3) is 0 Å². The van der Waals surface area contributed by atoms with Crippen LogP contribution in [0.2, 0.25) is 0 Å². The lowest BCUT2D eigenvalue weighted by Crippen LogP contribution is -2.50. The number of amides is 1. The average molecular weight is 272 g/mol. The number of likely N-dealkylation sites (N-methyl/N-ethyl adjacent to an activating group) is 1. The van der Waals surface area contributed by atoms with Crippen molar-refractivity contribution in [3.63, 3.8) is 0 Å². The van der Waals surface area contributed by atoms with Crippen LogP contribution in [0.15, 0.2) is 0 Å². The molecule has 18 heavy (non-hydrogen) atoms. The molecule has 2 aliphatic heterocycles. The molecule has 4 nitrogen and oxygen atoms in total. The molecule has 0 radical (unpaired) electrons. The first-order valence-electron chi connectivity index (χ1n) is 6.86. The maximum atomic E-state index is 12.0. The Labute approximate surface area is 115 Å². The van der Waals surface area contributed by atoms with Crippen molar-refractivity contribution in [2.75, 3.05) is 45.6 Å². The molecule has 0 N–H and O–H groups in total. The van der Waals surface area contributed by atoms with E-state index in [-0.39, 0.29) is 11.4 Å². The Bertz CT molecular complexity index is 293. The summed E-state index contributed by atoms with van der Waals surface area (Å²) in [5, 5.41) is 0. The Hall–Kier alpha value is -0.260. The Morgan fingerprint density at radius 3 is 2.61 bits per heavy atom. The van der Waals surface area contributed by atoms with Crippen molar-refractivity contribution in [2.45, 2.75) is 31.2 Å². The molecule has 2 heterocycles. The SMILES string of the molecule is CN1CCN(C(=O)CCS)CCC12CCOCC2. The van der Waals surface area contributed by atoms with Crippen LogP contribution < -0.4 is 0 Å². The van der Waals surface area contributed by atoms with Crippen molar-refractivity contribution < 1.29 is 9.53 Å². The molecule has 0 aromatic carbocycles. The first kappa shape index (κ1) is 14.2. The van der Waals surface area contributed by atoms with Crippen LogP contribution in [0.25, 0.3) is 0 Å². The first-order valence-corrected chi connectivity index (χ1v) is 7.49. The van der Waals surface area contributed by atoms with Crippen molar-refractivity contribution >= 4 is 18.5 Å². The van der Waals surface area contributed by atoms with Gasteiger partial charge in [0.15, 0.2) is 0 Å². The van der Waals surface area contributed by atoms with Gasteiger partial charge in [-0.1, -0.05) is 0 Å². The van der Waals surface area contributed by atoms with Gasteiger partial charge in [-0.2, -0.15) is 12.6 Å². The fraction of sp³-hybridized carbons (Fsp3) is 0.923. The predicted molar refractivity (Wildman–Crippen MR) is 75.1 cm³/mol. The molecule has 5 heteroatoms. The number of carbonyl (C=O) groups is 1. The molecule has 0 unspecified atom stereocenters. The van der Waals surface area contributed by atoms with Gasteiger partial charge in [0.2, 0.25) is 5.91 Å². The fourth-order valence-corrected chi connectivity index (χ4v) is 3.23. The maximum absolute atomic E-state index is 12.0. The second-order valence-electron chi connectivity index (χ2n) is 5.36. The third-order valence-corrected chi connectivity index (χ3v) is 4.69. The zero-order valence-corrected chi connectivity index (χ0v) is 12.1. The molecule has 0 aromatic rings. The molecule has 2 rings (SSSR count). The number of thiol groups is 1. The van der Waals surface area contributed by atoms with Crippen LogP contribution in [-0.4, -0.2) is 66.9 Å². The lowest BCUT2D eigenvalue weighted by molar-refractivity contribution is -0.130. The van der Waals surface area contributed by atoms with Crippen LogP contribution in [0.4, 0.5) is 0 Å². The minimum absolute atomic E-state index is 0.252. The summed E-state index contributed by atoms with van der Waals surface area (Å²) in [6.45, 7) is 4.42. The van der Waals surface area contributed by atoms with E-state index >= 15 is 0 Å². The third-order valence-electron chi connectivity index (χ3n) is 4.46. The predicted octanol–water partition coefficient (Wildman–Crippen LogP) is 1.02. The van der Waals surface area contributed by atoms with Crippen LogP contribution >= 0.6 is 12.6 Å². The lowest BCUT2D eigenvalue weighted by Gasteiger charge is -2.43. The van der Waals surface area contributed by atoms with Crippen molar-refractivity contribution in [1.82, 2.24) is 9.80 Å². The minimum atomic E-state index is 0.252. The summed E-state index contributed by atoms with van der Waals surface area (Å²) in [6, 6.07) is 0. The quantitative estimate of drug-likeness (QED) is 0.762. The topological polar surface area (TPSA) is 32.8 Å². The number of hydrogen-bond acceptors (Lipinski definition) is 4. The van der Waals surface area contributed by atoms with E-state index in [0.29, 0.717) is 12.2 Å². The summed E-state index contributed by atoms with van der Waals surface area (Å²) in [6.07, 6.45) is 3.82. The number of nitrogens with zero attached hydrogens (tertiary/aromatic N) is 2. The Kier molecular flexibility index (Phi) is 4.92. The minimum Gasteiger partial charge on any atom is -0.381 e. The van der Waals surface area contributed by atoms with E-state index in [1.165, 1.54) is 0 Å². The summed E-state index contributed by atoms with van der Waals surface area (Å²) < 4.78 is 5.48. The Morgan fingerprint density at radius 2 is 1.94 bits per heavy atom. The molecule has 104 valence electrons.